The van der Waals surface area contributed by atoms with Crippen molar-refractivity contribution in [1.29, 1.82) is 0 Å². The fourth-order valence-electron chi connectivity index (χ4n) is 2.37. The first-order chi connectivity index (χ1) is 9.83. The second-order valence-electron chi connectivity index (χ2n) is 4.85. The van der Waals surface area contributed by atoms with Gasteiger partial charge in [-0.2, -0.15) is 0 Å². The Morgan fingerprint density at radius 2 is 1.90 bits per heavy atom. The van der Waals surface area contributed by atoms with Crippen LogP contribution in [0.3, 0.4) is 0 Å². The first-order valence-corrected chi connectivity index (χ1v) is 6.66. The molecular formula is C14H16N4O2. The van der Waals surface area contributed by atoms with Crippen LogP contribution < -0.4 is 0 Å². The van der Waals surface area contributed by atoms with Gasteiger partial charge in [0.15, 0.2) is 5.69 Å². The first-order valence-electron chi connectivity index (χ1n) is 6.66. The highest BCUT2D eigenvalue weighted by Gasteiger charge is 2.23. The number of benzene rings is 1. The average Bonchev–Trinajstić information content (AvgIpc) is 3.03. The molecule has 0 spiro atoms. The van der Waals surface area contributed by atoms with E-state index in [0.717, 1.165) is 19.6 Å². The third kappa shape index (κ3) is 2.85. The van der Waals surface area contributed by atoms with Crippen LogP contribution in [0.4, 0.5) is 0 Å². The van der Waals surface area contributed by atoms with E-state index in [-0.39, 0.29) is 11.6 Å². The lowest BCUT2D eigenvalue weighted by Gasteiger charge is -2.34. The Labute approximate surface area is 116 Å². The van der Waals surface area contributed by atoms with Crippen LogP contribution in [0.25, 0.3) is 0 Å². The predicted molar refractivity (Wildman–Crippen MR) is 71.9 cm³/mol. The summed E-state index contributed by atoms with van der Waals surface area (Å²) in [5.41, 5.74) is 1.58. The predicted octanol–water partition coefficient (Wildman–Crippen LogP) is 1.03. The molecule has 0 N–H and O–H groups in total. The van der Waals surface area contributed by atoms with E-state index in [1.165, 1.54) is 11.8 Å². The van der Waals surface area contributed by atoms with Gasteiger partial charge in [0.2, 0.25) is 0 Å². The van der Waals surface area contributed by atoms with E-state index in [2.05, 4.69) is 32.0 Å². The molecule has 1 aliphatic heterocycles. The van der Waals surface area contributed by atoms with Crippen molar-refractivity contribution >= 4 is 5.91 Å². The van der Waals surface area contributed by atoms with Crippen LogP contribution in [0.5, 0.6) is 0 Å². The summed E-state index contributed by atoms with van der Waals surface area (Å²) in [5, 5.41) is 7.05. The van der Waals surface area contributed by atoms with Gasteiger partial charge in [-0.15, -0.1) is 0 Å². The number of hydrogen-bond acceptors (Lipinski definition) is 5. The Kier molecular flexibility index (Phi) is 3.73. The number of hydrogen-bond donors (Lipinski definition) is 0. The highest BCUT2D eigenvalue weighted by molar-refractivity contribution is 5.91. The van der Waals surface area contributed by atoms with E-state index in [0.29, 0.717) is 13.1 Å². The van der Waals surface area contributed by atoms with Crippen LogP contribution in [0, 0.1) is 0 Å². The van der Waals surface area contributed by atoms with Gasteiger partial charge in [-0.3, -0.25) is 9.69 Å². The summed E-state index contributed by atoms with van der Waals surface area (Å²) in [4.78, 5) is 16.2. The number of aromatic nitrogens is 2. The van der Waals surface area contributed by atoms with E-state index in [4.69, 9.17) is 0 Å². The van der Waals surface area contributed by atoms with Crippen LogP contribution in [0.15, 0.2) is 41.2 Å². The molecule has 6 heteroatoms. The second kappa shape index (κ2) is 5.83. The minimum absolute atomic E-state index is 0.106. The molecule has 1 aromatic carbocycles. The summed E-state index contributed by atoms with van der Waals surface area (Å²) in [6, 6.07) is 10.4. The molecule has 0 atom stereocenters. The second-order valence-corrected chi connectivity index (χ2v) is 4.85. The molecule has 1 saturated heterocycles. The van der Waals surface area contributed by atoms with Gasteiger partial charge in [0.1, 0.15) is 6.20 Å². The number of carbonyl (C=O) groups excluding carboxylic acids is 1. The third-order valence-corrected chi connectivity index (χ3v) is 3.49. The number of amides is 1. The zero-order valence-electron chi connectivity index (χ0n) is 11.1. The van der Waals surface area contributed by atoms with Gasteiger partial charge < -0.3 is 4.90 Å². The van der Waals surface area contributed by atoms with Gasteiger partial charge in [-0.25, -0.2) is 4.63 Å². The summed E-state index contributed by atoms with van der Waals surface area (Å²) in [6.07, 6.45) is 1.36. The van der Waals surface area contributed by atoms with E-state index in [1.54, 1.807) is 4.90 Å². The summed E-state index contributed by atoms with van der Waals surface area (Å²) >= 11 is 0. The van der Waals surface area contributed by atoms with Crippen molar-refractivity contribution in [2.24, 2.45) is 0 Å². The quantitative estimate of drug-likeness (QED) is 0.835. The number of nitrogens with zero attached hydrogens (tertiary/aromatic N) is 4. The fraction of sp³-hybridized carbons (Fsp3) is 0.357. The van der Waals surface area contributed by atoms with Crippen LogP contribution in [-0.2, 0) is 6.54 Å². The smallest absolute Gasteiger partial charge is 0.277 e. The minimum atomic E-state index is -0.106. The maximum Gasteiger partial charge on any atom is 0.277 e. The Balaban J connectivity index is 1.53. The van der Waals surface area contributed by atoms with Crippen molar-refractivity contribution in [3.8, 4) is 0 Å². The molecule has 0 saturated carbocycles. The molecule has 1 fully saturated rings. The largest absolute Gasteiger partial charge is 0.335 e. The van der Waals surface area contributed by atoms with Crippen molar-refractivity contribution in [2.75, 3.05) is 26.2 Å². The Bertz CT molecular complexity index is 548. The molecular weight excluding hydrogens is 256 g/mol. The van der Waals surface area contributed by atoms with Gasteiger partial charge in [-0.05, 0) is 10.7 Å². The molecule has 2 aromatic rings. The molecule has 104 valence electrons. The van der Waals surface area contributed by atoms with Crippen LogP contribution in [0.1, 0.15) is 16.1 Å². The van der Waals surface area contributed by atoms with Crippen molar-refractivity contribution in [2.45, 2.75) is 6.54 Å². The van der Waals surface area contributed by atoms with Crippen molar-refractivity contribution in [1.82, 2.24) is 20.1 Å². The van der Waals surface area contributed by atoms with Crippen LogP contribution in [0.2, 0.25) is 0 Å². The summed E-state index contributed by atoms with van der Waals surface area (Å²) in [6.45, 7) is 4.07. The molecule has 3 rings (SSSR count). The monoisotopic (exact) mass is 272 g/mol. The molecule has 6 nitrogen and oxygen atoms in total. The molecule has 2 heterocycles. The molecule has 1 amide bonds. The average molecular weight is 272 g/mol. The summed E-state index contributed by atoms with van der Waals surface area (Å²) < 4.78 is 4.47. The van der Waals surface area contributed by atoms with Crippen molar-refractivity contribution in [3.05, 3.63) is 47.8 Å². The number of piperazine rings is 1. The van der Waals surface area contributed by atoms with Gasteiger partial charge in [-0.1, -0.05) is 35.5 Å². The molecule has 0 radical (unpaired) electrons. The summed E-state index contributed by atoms with van der Waals surface area (Å²) in [5.74, 6) is -0.106. The number of carbonyl (C=O) groups is 1. The zero-order valence-corrected chi connectivity index (χ0v) is 11.1. The van der Waals surface area contributed by atoms with Gasteiger partial charge in [0.05, 0.1) is 0 Å². The molecule has 0 bridgehead atoms. The Morgan fingerprint density at radius 1 is 1.15 bits per heavy atom. The van der Waals surface area contributed by atoms with Crippen LogP contribution in [-0.4, -0.2) is 52.2 Å². The van der Waals surface area contributed by atoms with Gasteiger partial charge >= 0.3 is 0 Å². The van der Waals surface area contributed by atoms with E-state index in [1.807, 2.05) is 18.2 Å². The Hall–Kier alpha value is -2.21. The molecule has 1 aliphatic rings. The Morgan fingerprint density at radius 3 is 2.55 bits per heavy atom. The maximum atomic E-state index is 12.1. The molecule has 1 aromatic heterocycles. The maximum absolute atomic E-state index is 12.1. The van der Waals surface area contributed by atoms with Crippen molar-refractivity contribution in [3.63, 3.8) is 0 Å². The third-order valence-electron chi connectivity index (χ3n) is 3.49. The van der Waals surface area contributed by atoms with E-state index in [9.17, 15) is 4.79 Å². The SMILES string of the molecule is O=C(c1cnon1)N1CCN(Cc2ccccc2)CC1. The number of rotatable bonds is 3. The zero-order chi connectivity index (χ0) is 13.8. The topological polar surface area (TPSA) is 62.5 Å². The highest BCUT2D eigenvalue weighted by Crippen LogP contribution is 2.10. The lowest BCUT2D eigenvalue weighted by molar-refractivity contribution is 0.0618. The fourth-order valence-corrected chi connectivity index (χ4v) is 2.37. The van der Waals surface area contributed by atoms with Crippen LogP contribution >= 0.6 is 0 Å². The van der Waals surface area contributed by atoms with Gasteiger partial charge in [0.25, 0.3) is 5.91 Å². The molecule has 0 aliphatic carbocycles. The summed E-state index contributed by atoms with van der Waals surface area (Å²) in [7, 11) is 0. The van der Waals surface area contributed by atoms with Crippen molar-refractivity contribution < 1.29 is 9.42 Å². The van der Waals surface area contributed by atoms with E-state index >= 15 is 0 Å². The highest BCUT2D eigenvalue weighted by atomic mass is 16.6. The molecule has 20 heavy (non-hydrogen) atoms. The minimum Gasteiger partial charge on any atom is -0.335 e. The molecule has 0 unspecified atom stereocenters. The first kappa shape index (κ1) is 12.8. The lowest BCUT2D eigenvalue weighted by Crippen LogP contribution is -2.48. The van der Waals surface area contributed by atoms with E-state index < -0.39 is 0 Å². The standard InChI is InChI=1S/C14H16N4O2/c19-14(13-10-15-20-16-13)18-8-6-17(7-9-18)11-12-4-2-1-3-5-12/h1-5,10H,6-9,11H2. The normalized spacial score (nSPS) is 16.3. The van der Waals surface area contributed by atoms with Gasteiger partial charge in [0, 0.05) is 32.7 Å². The lowest BCUT2D eigenvalue weighted by atomic mass is 10.2.